The molecule has 1 saturated heterocycles. The molecule has 0 radical (unpaired) electrons. The van der Waals surface area contributed by atoms with Crippen LogP contribution in [0.15, 0.2) is 28.0 Å². The van der Waals surface area contributed by atoms with Gasteiger partial charge in [0.15, 0.2) is 10.8 Å². The number of thiocarbonyl (C=S) groups is 1. The molecule has 2 saturated carbocycles. The minimum Gasteiger partial charge on any atom is -0.331 e. The molecule has 0 aromatic carbocycles. The van der Waals surface area contributed by atoms with E-state index in [1.807, 2.05) is 4.90 Å². The van der Waals surface area contributed by atoms with Gasteiger partial charge in [0.25, 0.3) is 5.91 Å². The Morgan fingerprint density at radius 3 is 2.38 bits per heavy atom. The van der Waals surface area contributed by atoms with Crippen LogP contribution in [0.1, 0.15) is 58.3 Å². The van der Waals surface area contributed by atoms with E-state index in [-0.39, 0.29) is 22.8 Å². The SMILES string of the molecule is C=N/C(C#N)=C(\C=C(/C)N1C(=O)C2(CCC2)N(C2CCCCC2)C1=S)C(F)(F)F. The molecule has 0 bridgehead atoms. The topological polar surface area (TPSA) is 59.7 Å². The number of halogens is 3. The summed E-state index contributed by atoms with van der Waals surface area (Å²) in [5.41, 5.74) is -2.77. The first-order valence-corrected chi connectivity index (χ1v) is 10.1. The van der Waals surface area contributed by atoms with Crippen LogP contribution >= 0.6 is 12.2 Å². The van der Waals surface area contributed by atoms with Crippen molar-refractivity contribution in [2.24, 2.45) is 4.99 Å². The van der Waals surface area contributed by atoms with Gasteiger partial charge < -0.3 is 4.90 Å². The van der Waals surface area contributed by atoms with Gasteiger partial charge in [0.05, 0.1) is 5.57 Å². The number of hydrogen-bond donors (Lipinski definition) is 0. The van der Waals surface area contributed by atoms with Gasteiger partial charge in [0.2, 0.25) is 0 Å². The van der Waals surface area contributed by atoms with Gasteiger partial charge in [0.1, 0.15) is 11.6 Å². The zero-order chi connectivity index (χ0) is 21.4. The minimum absolute atomic E-state index is 0.0355. The molecule has 1 heterocycles. The van der Waals surface area contributed by atoms with Gasteiger partial charge in [-0.2, -0.15) is 18.4 Å². The zero-order valence-electron chi connectivity index (χ0n) is 16.3. The minimum atomic E-state index is -4.81. The van der Waals surface area contributed by atoms with Crippen molar-refractivity contribution >= 4 is 30.0 Å². The quantitative estimate of drug-likeness (QED) is 0.286. The average Bonchev–Trinajstić information content (AvgIpc) is 2.88. The van der Waals surface area contributed by atoms with Gasteiger partial charge in [-0.05, 0) is 64.0 Å². The Morgan fingerprint density at radius 2 is 1.93 bits per heavy atom. The molecule has 0 atom stereocenters. The van der Waals surface area contributed by atoms with E-state index < -0.39 is 23.0 Å². The molecule has 29 heavy (non-hydrogen) atoms. The maximum Gasteiger partial charge on any atom is 0.419 e. The van der Waals surface area contributed by atoms with Gasteiger partial charge >= 0.3 is 6.18 Å². The van der Waals surface area contributed by atoms with E-state index in [1.54, 1.807) is 0 Å². The van der Waals surface area contributed by atoms with Gasteiger partial charge in [-0.1, -0.05) is 19.3 Å². The van der Waals surface area contributed by atoms with E-state index in [9.17, 15) is 18.0 Å². The van der Waals surface area contributed by atoms with Crippen LogP contribution in [0.5, 0.6) is 0 Å². The van der Waals surface area contributed by atoms with Crippen LogP contribution < -0.4 is 0 Å². The molecular weight excluding hydrogens is 401 g/mol. The summed E-state index contributed by atoms with van der Waals surface area (Å²) in [5, 5.41) is 9.26. The van der Waals surface area contributed by atoms with Crippen molar-refractivity contribution in [3.8, 4) is 6.07 Å². The normalized spacial score (nSPS) is 23.8. The summed E-state index contributed by atoms with van der Waals surface area (Å²) < 4.78 is 40.5. The third-order valence-corrected chi connectivity index (χ3v) is 6.49. The molecule has 9 heteroatoms. The molecule has 3 aliphatic rings. The van der Waals surface area contributed by atoms with Crippen molar-refractivity contribution in [1.82, 2.24) is 9.80 Å². The summed E-state index contributed by atoms with van der Waals surface area (Å²) in [4.78, 5) is 19.7. The number of hydrogen-bond acceptors (Lipinski definition) is 4. The predicted molar refractivity (Wildman–Crippen MR) is 107 cm³/mol. The molecule has 0 unspecified atom stereocenters. The number of carbonyl (C=O) groups is 1. The fourth-order valence-corrected chi connectivity index (χ4v) is 5.10. The van der Waals surface area contributed by atoms with E-state index in [4.69, 9.17) is 17.5 Å². The first kappa shape index (κ1) is 21.5. The summed E-state index contributed by atoms with van der Waals surface area (Å²) >= 11 is 5.61. The number of nitriles is 1. The second kappa shape index (κ2) is 7.90. The number of nitrogens with zero attached hydrogens (tertiary/aromatic N) is 4. The highest BCUT2D eigenvalue weighted by Crippen LogP contribution is 2.48. The Bertz CT molecular complexity index is 830. The Labute approximate surface area is 173 Å². The number of alkyl halides is 3. The molecule has 0 N–H and O–H groups in total. The van der Waals surface area contributed by atoms with Crippen molar-refractivity contribution in [3.05, 3.63) is 23.0 Å². The van der Waals surface area contributed by atoms with E-state index in [0.29, 0.717) is 12.8 Å². The first-order valence-electron chi connectivity index (χ1n) is 9.72. The highest BCUT2D eigenvalue weighted by Gasteiger charge is 2.60. The van der Waals surface area contributed by atoms with Gasteiger partial charge in [0, 0.05) is 11.7 Å². The highest BCUT2D eigenvalue weighted by atomic mass is 32.1. The van der Waals surface area contributed by atoms with Crippen molar-refractivity contribution in [2.75, 3.05) is 0 Å². The van der Waals surface area contributed by atoms with Crippen LogP contribution in [0.3, 0.4) is 0 Å². The Hall–Kier alpha value is -2.21. The van der Waals surface area contributed by atoms with Gasteiger partial charge in [-0.25, -0.2) is 0 Å². The molecule has 1 amide bonds. The molecule has 0 aromatic rings. The number of amides is 1. The monoisotopic (exact) mass is 424 g/mol. The molecule has 5 nitrogen and oxygen atoms in total. The maximum absolute atomic E-state index is 13.5. The lowest BCUT2D eigenvalue weighted by atomic mass is 9.74. The standard InChI is InChI=1S/C20H23F3N4OS/c1-13(11-15(20(21,22)23)16(12-24)25-2)26-17(28)19(9-6-10-19)27(18(26)29)14-7-4-3-5-8-14/h11,14H,2-10H2,1H3/b13-11+,16-15+. The molecule has 2 aliphatic carbocycles. The van der Waals surface area contributed by atoms with E-state index in [2.05, 4.69) is 11.7 Å². The van der Waals surface area contributed by atoms with E-state index in [0.717, 1.165) is 44.6 Å². The molecule has 0 aromatic heterocycles. The van der Waals surface area contributed by atoms with Crippen LogP contribution in [-0.2, 0) is 4.79 Å². The smallest absolute Gasteiger partial charge is 0.331 e. The molecular formula is C20H23F3N4OS. The number of aliphatic imine (C=N–C) groups is 1. The first-order chi connectivity index (χ1) is 13.7. The Kier molecular flexibility index (Phi) is 5.86. The number of carbonyl (C=O) groups excluding carboxylic acids is 1. The molecule has 1 spiro atoms. The zero-order valence-corrected chi connectivity index (χ0v) is 17.1. The fraction of sp³-hybridized carbons (Fsp3) is 0.600. The lowest BCUT2D eigenvalue weighted by Gasteiger charge is -2.47. The van der Waals surface area contributed by atoms with E-state index >= 15 is 0 Å². The van der Waals surface area contributed by atoms with Crippen molar-refractivity contribution < 1.29 is 18.0 Å². The van der Waals surface area contributed by atoms with Crippen LogP contribution in [0.25, 0.3) is 0 Å². The number of rotatable bonds is 4. The van der Waals surface area contributed by atoms with Crippen molar-refractivity contribution in [3.63, 3.8) is 0 Å². The summed E-state index contributed by atoms with van der Waals surface area (Å²) in [6.07, 6.45) is 3.28. The van der Waals surface area contributed by atoms with Gasteiger partial charge in [-0.3, -0.25) is 14.7 Å². The van der Waals surface area contributed by atoms with Crippen LogP contribution in [0.2, 0.25) is 0 Å². The Balaban J connectivity index is 2.01. The van der Waals surface area contributed by atoms with E-state index in [1.165, 1.54) is 17.9 Å². The Morgan fingerprint density at radius 1 is 1.31 bits per heavy atom. The van der Waals surface area contributed by atoms with Gasteiger partial charge in [-0.15, -0.1) is 0 Å². The summed E-state index contributed by atoms with van der Waals surface area (Å²) in [6.45, 7) is 4.45. The summed E-state index contributed by atoms with van der Waals surface area (Å²) in [5.74, 6) is -0.264. The third kappa shape index (κ3) is 3.59. The average molecular weight is 424 g/mol. The van der Waals surface area contributed by atoms with Crippen LogP contribution in [0, 0.1) is 11.3 Å². The number of allylic oxidation sites excluding steroid dienone is 4. The van der Waals surface area contributed by atoms with Crippen molar-refractivity contribution in [1.29, 1.82) is 5.26 Å². The third-order valence-electron chi connectivity index (χ3n) is 6.11. The maximum atomic E-state index is 13.5. The largest absolute Gasteiger partial charge is 0.419 e. The lowest BCUT2D eigenvalue weighted by Crippen LogP contribution is -2.58. The molecule has 3 fully saturated rings. The van der Waals surface area contributed by atoms with Crippen LogP contribution in [0.4, 0.5) is 13.2 Å². The lowest BCUT2D eigenvalue weighted by molar-refractivity contribution is -0.137. The fourth-order valence-electron chi connectivity index (χ4n) is 4.55. The second-order valence-corrected chi connectivity index (χ2v) is 8.15. The highest BCUT2D eigenvalue weighted by molar-refractivity contribution is 7.80. The van der Waals surface area contributed by atoms with Crippen LogP contribution in [-0.4, -0.2) is 45.3 Å². The summed E-state index contributed by atoms with van der Waals surface area (Å²) in [7, 11) is 0. The molecule has 1 aliphatic heterocycles. The predicted octanol–water partition coefficient (Wildman–Crippen LogP) is 4.62. The summed E-state index contributed by atoms with van der Waals surface area (Å²) in [6, 6.07) is 1.55. The molecule has 156 valence electrons. The van der Waals surface area contributed by atoms with Crippen molar-refractivity contribution in [2.45, 2.75) is 76.0 Å². The molecule has 3 rings (SSSR count). The second-order valence-electron chi connectivity index (χ2n) is 7.79.